The molecule has 4 nitrogen and oxygen atoms in total. The van der Waals surface area contributed by atoms with Gasteiger partial charge in [0.15, 0.2) is 6.61 Å². The van der Waals surface area contributed by atoms with E-state index in [4.69, 9.17) is 4.74 Å². The molecule has 0 radical (unpaired) electrons. The van der Waals surface area contributed by atoms with E-state index in [-0.39, 0.29) is 23.5 Å². The van der Waals surface area contributed by atoms with Crippen LogP contribution < -0.4 is 5.32 Å². The molecule has 128 valence electrons. The second-order valence-corrected chi connectivity index (χ2v) is 7.99. The third-order valence-electron chi connectivity index (χ3n) is 3.61. The van der Waals surface area contributed by atoms with Crippen LogP contribution in [0.1, 0.15) is 62.5 Å². The molecule has 0 atom stereocenters. The maximum atomic E-state index is 12.1. The van der Waals surface area contributed by atoms with E-state index < -0.39 is 5.97 Å². The van der Waals surface area contributed by atoms with Crippen molar-refractivity contribution in [2.45, 2.75) is 60.4 Å². The Morgan fingerprint density at radius 1 is 1.09 bits per heavy atom. The highest BCUT2D eigenvalue weighted by atomic mass is 16.5. The molecule has 0 aliphatic rings. The Morgan fingerprint density at radius 3 is 2.26 bits per heavy atom. The van der Waals surface area contributed by atoms with Crippen LogP contribution in [0.2, 0.25) is 0 Å². The van der Waals surface area contributed by atoms with E-state index in [1.807, 2.05) is 39.8 Å². The smallest absolute Gasteiger partial charge is 0.338 e. The SMILES string of the molecule is Cc1cccc(C(=O)OCC(=O)NC(C)(C)CC(C)(C)C)c1C. The van der Waals surface area contributed by atoms with Gasteiger partial charge < -0.3 is 10.1 Å². The first-order valence-electron chi connectivity index (χ1n) is 7.96. The molecular formula is C19H29NO3. The predicted octanol–water partition coefficient (Wildman–Crippen LogP) is 3.79. The topological polar surface area (TPSA) is 55.4 Å². The van der Waals surface area contributed by atoms with Crippen molar-refractivity contribution in [1.82, 2.24) is 5.32 Å². The monoisotopic (exact) mass is 319 g/mol. The van der Waals surface area contributed by atoms with Gasteiger partial charge in [0.05, 0.1) is 5.56 Å². The molecule has 0 unspecified atom stereocenters. The van der Waals surface area contributed by atoms with Gasteiger partial charge in [-0.15, -0.1) is 0 Å². The largest absolute Gasteiger partial charge is 0.452 e. The number of rotatable bonds is 5. The number of aryl methyl sites for hydroxylation is 1. The third kappa shape index (κ3) is 6.43. The number of ether oxygens (including phenoxy) is 1. The van der Waals surface area contributed by atoms with Crippen LogP contribution in [0.5, 0.6) is 0 Å². The summed E-state index contributed by atoms with van der Waals surface area (Å²) in [7, 11) is 0. The molecular weight excluding hydrogens is 290 g/mol. The fourth-order valence-corrected chi connectivity index (χ4v) is 2.96. The molecule has 0 aromatic heterocycles. The third-order valence-corrected chi connectivity index (χ3v) is 3.61. The van der Waals surface area contributed by atoms with Crippen LogP contribution in [0, 0.1) is 19.3 Å². The normalized spacial score (nSPS) is 12.0. The molecule has 4 heteroatoms. The number of hydrogen-bond donors (Lipinski definition) is 1. The Labute approximate surface area is 139 Å². The van der Waals surface area contributed by atoms with Gasteiger partial charge >= 0.3 is 5.97 Å². The Balaban J connectivity index is 2.59. The fraction of sp³-hybridized carbons (Fsp3) is 0.579. The van der Waals surface area contributed by atoms with Gasteiger partial charge in [0.1, 0.15) is 0 Å². The molecule has 0 aliphatic carbocycles. The molecule has 1 N–H and O–H groups in total. The van der Waals surface area contributed by atoms with Crippen molar-refractivity contribution < 1.29 is 14.3 Å². The average Bonchev–Trinajstić information content (AvgIpc) is 2.35. The van der Waals surface area contributed by atoms with E-state index in [0.717, 1.165) is 17.5 Å². The molecule has 23 heavy (non-hydrogen) atoms. The summed E-state index contributed by atoms with van der Waals surface area (Å²) in [5, 5.41) is 2.93. The van der Waals surface area contributed by atoms with Crippen LogP contribution in [0.25, 0.3) is 0 Å². The van der Waals surface area contributed by atoms with Crippen molar-refractivity contribution in [3.8, 4) is 0 Å². The van der Waals surface area contributed by atoms with Gasteiger partial charge in [-0.2, -0.15) is 0 Å². The molecule has 1 amide bonds. The van der Waals surface area contributed by atoms with Gasteiger partial charge in [0.2, 0.25) is 0 Å². The molecule has 1 aromatic rings. The van der Waals surface area contributed by atoms with E-state index in [0.29, 0.717) is 5.56 Å². The quantitative estimate of drug-likeness (QED) is 0.840. The summed E-state index contributed by atoms with van der Waals surface area (Å²) in [4.78, 5) is 24.2. The molecule has 0 fully saturated rings. The predicted molar refractivity (Wildman–Crippen MR) is 92.5 cm³/mol. The molecule has 0 aliphatic heterocycles. The highest BCUT2D eigenvalue weighted by Gasteiger charge is 2.27. The van der Waals surface area contributed by atoms with Gasteiger partial charge in [0.25, 0.3) is 5.91 Å². The molecule has 0 bridgehead atoms. The number of esters is 1. The maximum Gasteiger partial charge on any atom is 0.338 e. The molecule has 0 spiro atoms. The lowest BCUT2D eigenvalue weighted by Gasteiger charge is -2.33. The maximum absolute atomic E-state index is 12.1. The van der Waals surface area contributed by atoms with Gasteiger partial charge in [-0.3, -0.25) is 4.79 Å². The van der Waals surface area contributed by atoms with Crippen molar-refractivity contribution in [3.05, 3.63) is 34.9 Å². The number of carbonyl (C=O) groups excluding carboxylic acids is 2. The van der Waals surface area contributed by atoms with Gasteiger partial charge in [-0.1, -0.05) is 32.9 Å². The molecule has 1 rings (SSSR count). The van der Waals surface area contributed by atoms with Crippen LogP contribution in [0.4, 0.5) is 0 Å². The van der Waals surface area contributed by atoms with Gasteiger partial charge in [-0.05, 0) is 56.7 Å². The highest BCUT2D eigenvalue weighted by molar-refractivity contribution is 5.93. The number of hydrogen-bond acceptors (Lipinski definition) is 3. The van der Waals surface area contributed by atoms with Crippen LogP contribution >= 0.6 is 0 Å². The number of carbonyl (C=O) groups is 2. The molecule has 0 saturated carbocycles. The van der Waals surface area contributed by atoms with Crippen LogP contribution in [0.3, 0.4) is 0 Å². The summed E-state index contributed by atoms with van der Waals surface area (Å²) >= 11 is 0. The van der Waals surface area contributed by atoms with Crippen molar-refractivity contribution in [3.63, 3.8) is 0 Å². The number of amides is 1. The standard InChI is InChI=1S/C19H29NO3/c1-13-9-8-10-15(14(13)2)17(22)23-11-16(21)20-19(6,7)12-18(3,4)5/h8-10H,11-12H2,1-7H3,(H,20,21). The lowest BCUT2D eigenvalue weighted by atomic mass is 9.82. The minimum atomic E-state index is -0.463. The Bertz CT molecular complexity index is 583. The van der Waals surface area contributed by atoms with Crippen LogP contribution in [-0.2, 0) is 9.53 Å². The zero-order valence-corrected chi connectivity index (χ0v) is 15.4. The minimum Gasteiger partial charge on any atom is -0.452 e. The Kier molecular flexibility index (Phi) is 5.98. The zero-order valence-electron chi connectivity index (χ0n) is 15.4. The first-order chi connectivity index (χ1) is 10.4. The van der Waals surface area contributed by atoms with Gasteiger partial charge in [-0.25, -0.2) is 4.79 Å². The fourth-order valence-electron chi connectivity index (χ4n) is 2.96. The second-order valence-electron chi connectivity index (χ2n) is 7.99. The average molecular weight is 319 g/mol. The van der Waals surface area contributed by atoms with Crippen molar-refractivity contribution in [1.29, 1.82) is 0 Å². The summed E-state index contributed by atoms with van der Waals surface area (Å²) in [6.07, 6.45) is 0.830. The summed E-state index contributed by atoms with van der Waals surface area (Å²) in [6.45, 7) is 13.9. The van der Waals surface area contributed by atoms with Crippen molar-refractivity contribution in [2.75, 3.05) is 6.61 Å². The number of benzene rings is 1. The minimum absolute atomic E-state index is 0.103. The Hall–Kier alpha value is -1.84. The van der Waals surface area contributed by atoms with Crippen molar-refractivity contribution >= 4 is 11.9 Å². The summed E-state index contributed by atoms with van der Waals surface area (Å²) in [5.74, 6) is -0.743. The van der Waals surface area contributed by atoms with E-state index >= 15 is 0 Å². The Morgan fingerprint density at radius 2 is 1.70 bits per heavy atom. The van der Waals surface area contributed by atoms with E-state index in [1.54, 1.807) is 6.07 Å². The summed E-state index contributed by atoms with van der Waals surface area (Å²) in [5.41, 5.74) is 2.17. The highest BCUT2D eigenvalue weighted by Crippen LogP contribution is 2.26. The molecule has 1 aromatic carbocycles. The number of nitrogens with one attached hydrogen (secondary N) is 1. The van der Waals surface area contributed by atoms with E-state index in [9.17, 15) is 9.59 Å². The van der Waals surface area contributed by atoms with E-state index in [1.165, 1.54) is 0 Å². The first-order valence-corrected chi connectivity index (χ1v) is 7.96. The van der Waals surface area contributed by atoms with Crippen molar-refractivity contribution in [2.24, 2.45) is 5.41 Å². The zero-order chi connectivity index (χ0) is 17.8. The van der Waals surface area contributed by atoms with E-state index in [2.05, 4.69) is 26.1 Å². The van der Waals surface area contributed by atoms with Gasteiger partial charge in [0, 0.05) is 5.54 Å². The molecule has 0 saturated heterocycles. The molecule has 0 heterocycles. The summed E-state index contributed by atoms with van der Waals surface area (Å²) < 4.78 is 5.15. The lowest BCUT2D eigenvalue weighted by Crippen LogP contribution is -2.47. The second kappa shape index (κ2) is 7.16. The lowest BCUT2D eigenvalue weighted by molar-refractivity contribution is -0.126. The van der Waals surface area contributed by atoms with Crippen LogP contribution in [0.15, 0.2) is 18.2 Å². The summed E-state index contributed by atoms with van der Waals surface area (Å²) in [6, 6.07) is 5.46. The first kappa shape index (κ1) is 19.2. The van der Waals surface area contributed by atoms with Crippen LogP contribution in [-0.4, -0.2) is 24.0 Å².